The second kappa shape index (κ2) is 87.8. The molecule has 0 atom stereocenters. The summed E-state index contributed by atoms with van der Waals surface area (Å²) in [5.74, 6) is 0. The molecule has 0 aromatic heterocycles. The fraction of sp³-hybridized carbons (Fsp3) is 1.00. The molecule has 0 spiro atoms. The van der Waals surface area contributed by atoms with E-state index in [-0.39, 0.29) is 0 Å². The second-order valence-electron chi connectivity index (χ2n) is 19.4. The van der Waals surface area contributed by atoms with Crippen LogP contribution in [0.3, 0.4) is 0 Å². The Labute approximate surface area is 402 Å². The minimum absolute atomic E-state index is 1.37. The second-order valence-corrected chi connectivity index (χ2v) is 19.4. The number of rotatable bonds is 44. The Morgan fingerprint density at radius 1 is 0.0806 bits per heavy atom. The molecule has 0 rings (SSSR count). The largest absolute Gasteiger partial charge is 0.0654 e. The van der Waals surface area contributed by atoms with Crippen LogP contribution in [0.4, 0.5) is 0 Å². The first-order valence-corrected chi connectivity index (χ1v) is 30.5. The van der Waals surface area contributed by atoms with E-state index in [4.69, 9.17) is 0 Å². The van der Waals surface area contributed by atoms with Gasteiger partial charge in [-0.3, -0.25) is 0 Å². The van der Waals surface area contributed by atoms with E-state index in [1.807, 2.05) is 0 Å². The van der Waals surface area contributed by atoms with Crippen LogP contribution in [0.15, 0.2) is 0 Å². The highest BCUT2D eigenvalue weighted by Gasteiger charge is 1.92. The number of hydrogen-bond acceptors (Lipinski definition) is 0. The number of hydrogen-bond donors (Lipinski definition) is 0. The molecular formula is C62H136. The van der Waals surface area contributed by atoms with Crippen molar-refractivity contribution in [1.82, 2.24) is 0 Å². The van der Waals surface area contributed by atoms with E-state index >= 15 is 0 Å². The van der Waals surface area contributed by atoms with Gasteiger partial charge in [0.2, 0.25) is 0 Å². The average molecular weight is 882 g/mol. The van der Waals surface area contributed by atoms with Crippen LogP contribution in [-0.2, 0) is 0 Å². The van der Waals surface area contributed by atoms with Crippen LogP contribution in [0.2, 0.25) is 0 Å². The van der Waals surface area contributed by atoms with Gasteiger partial charge in [0.05, 0.1) is 0 Å². The van der Waals surface area contributed by atoms with Crippen LogP contribution >= 0.6 is 0 Å². The normalized spacial score (nSPS) is 10.3. The van der Waals surface area contributed by atoms with Crippen LogP contribution in [0.25, 0.3) is 0 Å². The molecule has 0 aliphatic rings. The van der Waals surface area contributed by atoms with Crippen molar-refractivity contribution in [1.29, 1.82) is 0 Å². The third kappa shape index (κ3) is 108. The van der Waals surface area contributed by atoms with E-state index < -0.39 is 0 Å². The summed E-state index contributed by atoms with van der Waals surface area (Å²) < 4.78 is 0. The molecule has 0 bridgehead atoms. The molecule has 0 nitrogen and oxygen atoms in total. The molecule has 0 aliphatic carbocycles. The Kier molecular flexibility index (Phi) is 104. The molecule has 0 aliphatic heterocycles. The van der Waals surface area contributed by atoms with Gasteiger partial charge in [0.15, 0.2) is 0 Å². The Bertz CT molecular complexity index is 422. The summed E-state index contributed by atoms with van der Waals surface area (Å²) in [6, 6.07) is 0. The first-order chi connectivity index (χ1) is 30.5. The van der Waals surface area contributed by atoms with E-state index in [0.29, 0.717) is 0 Å². The van der Waals surface area contributed by atoms with Gasteiger partial charge in [0, 0.05) is 0 Å². The van der Waals surface area contributed by atoms with Crippen molar-refractivity contribution >= 4 is 0 Å². The smallest absolute Gasteiger partial charge is 0.0533 e. The highest BCUT2D eigenvalue weighted by molar-refractivity contribution is 4.48. The Morgan fingerprint density at radius 2 is 0.129 bits per heavy atom. The summed E-state index contributed by atoms with van der Waals surface area (Å²) in [4.78, 5) is 0. The van der Waals surface area contributed by atoms with E-state index in [2.05, 4.69) is 83.1 Å². The summed E-state index contributed by atoms with van der Waals surface area (Å²) in [6.07, 6.45) is 71.7. The molecule has 0 heterocycles. The average Bonchev–Trinajstić information content (AvgIpc) is 3.29. The van der Waals surface area contributed by atoms with Gasteiger partial charge in [-0.05, 0) is 0 Å². The standard InChI is InChI=1S/C12H26.5C10H22/c1-3-5-7-9-11-12-10-8-6-4-2;5*1-3-5-7-9-10-8-6-4-2/h3-12H2,1-2H3;5*3-10H2,1-2H3. The van der Waals surface area contributed by atoms with Crippen molar-refractivity contribution in [2.24, 2.45) is 0 Å². The van der Waals surface area contributed by atoms with Crippen molar-refractivity contribution in [3.05, 3.63) is 0 Å². The van der Waals surface area contributed by atoms with Gasteiger partial charge in [0.1, 0.15) is 0 Å². The molecule has 0 N–H and O–H groups in total. The molecule has 0 fully saturated rings. The van der Waals surface area contributed by atoms with Gasteiger partial charge in [-0.1, -0.05) is 404 Å². The van der Waals surface area contributed by atoms with Gasteiger partial charge >= 0.3 is 0 Å². The van der Waals surface area contributed by atoms with Gasteiger partial charge < -0.3 is 0 Å². The molecule has 62 heavy (non-hydrogen) atoms. The summed E-state index contributed by atoms with van der Waals surface area (Å²) in [7, 11) is 0. The lowest BCUT2D eigenvalue weighted by molar-refractivity contribution is 0.562. The molecule has 0 saturated carbocycles. The molecular weight excluding hydrogens is 745 g/mol. The van der Waals surface area contributed by atoms with Crippen LogP contribution < -0.4 is 0 Å². The first kappa shape index (κ1) is 73.6. The lowest BCUT2D eigenvalue weighted by Crippen LogP contribution is -1.80. The molecule has 0 aromatic rings. The summed E-state index contributed by atoms with van der Waals surface area (Å²) in [5.41, 5.74) is 0. The maximum Gasteiger partial charge on any atom is -0.0533 e. The minimum Gasteiger partial charge on any atom is -0.0654 e. The fourth-order valence-electron chi connectivity index (χ4n) is 7.60. The molecule has 0 unspecified atom stereocenters. The maximum atomic E-state index is 2.28. The zero-order valence-corrected chi connectivity index (χ0v) is 47.4. The highest BCUT2D eigenvalue weighted by atomic mass is 14.0. The molecule has 0 heteroatoms. The van der Waals surface area contributed by atoms with Crippen LogP contribution in [0.1, 0.15) is 404 Å². The lowest BCUT2D eigenvalue weighted by atomic mass is 10.1. The summed E-state index contributed by atoms with van der Waals surface area (Å²) >= 11 is 0. The Morgan fingerprint density at radius 3 is 0.177 bits per heavy atom. The molecule has 0 saturated heterocycles. The van der Waals surface area contributed by atoms with Gasteiger partial charge in [-0.2, -0.15) is 0 Å². The van der Waals surface area contributed by atoms with Gasteiger partial charge in [0.25, 0.3) is 0 Å². The Hall–Kier alpha value is 0. The molecule has 0 aromatic carbocycles. The minimum atomic E-state index is 1.37. The number of unbranched alkanes of at least 4 members (excludes halogenated alkanes) is 44. The van der Waals surface area contributed by atoms with Crippen molar-refractivity contribution in [2.45, 2.75) is 404 Å². The first-order valence-electron chi connectivity index (χ1n) is 30.5. The SMILES string of the molecule is CCCCCCCCCC.CCCCCCCCCC.CCCCCCCCCC.CCCCCCCCCC.CCCCCCCCCC.CCCCCCCCCCCC. The van der Waals surface area contributed by atoms with Crippen LogP contribution in [0.5, 0.6) is 0 Å². The molecule has 0 amide bonds. The quantitative estimate of drug-likeness (QED) is 0.0535. The molecule has 0 radical (unpaired) electrons. The third-order valence-corrected chi connectivity index (χ3v) is 12.2. The molecule has 384 valence electrons. The van der Waals surface area contributed by atoms with E-state index in [0.717, 1.165) is 0 Å². The fourth-order valence-corrected chi connectivity index (χ4v) is 7.60. The zero-order valence-electron chi connectivity index (χ0n) is 47.4. The van der Waals surface area contributed by atoms with E-state index in [9.17, 15) is 0 Å². The van der Waals surface area contributed by atoms with Crippen molar-refractivity contribution < 1.29 is 0 Å². The van der Waals surface area contributed by atoms with E-state index in [1.54, 1.807) is 0 Å². The highest BCUT2D eigenvalue weighted by Crippen LogP contribution is 2.12. The van der Waals surface area contributed by atoms with E-state index in [1.165, 1.54) is 321 Å². The monoisotopic (exact) mass is 881 g/mol. The van der Waals surface area contributed by atoms with Gasteiger partial charge in [-0.15, -0.1) is 0 Å². The third-order valence-electron chi connectivity index (χ3n) is 12.2. The predicted octanol–water partition coefficient (Wildman–Crippen LogP) is 25.7. The lowest BCUT2D eigenvalue weighted by Gasteiger charge is -1.99. The van der Waals surface area contributed by atoms with Crippen molar-refractivity contribution in [3.8, 4) is 0 Å². The summed E-state index contributed by atoms with van der Waals surface area (Å²) in [5, 5.41) is 0. The van der Waals surface area contributed by atoms with Crippen molar-refractivity contribution in [3.63, 3.8) is 0 Å². The summed E-state index contributed by atoms with van der Waals surface area (Å²) in [6.45, 7) is 27.3. The maximum absolute atomic E-state index is 2.28. The van der Waals surface area contributed by atoms with Crippen LogP contribution in [-0.4, -0.2) is 0 Å². The predicted molar refractivity (Wildman–Crippen MR) is 299 cm³/mol. The topological polar surface area (TPSA) is 0 Å². The Balaban J connectivity index is -0.000000152. The van der Waals surface area contributed by atoms with Crippen molar-refractivity contribution in [2.75, 3.05) is 0 Å². The zero-order chi connectivity index (χ0) is 47.4. The van der Waals surface area contributed by atoms with Crippen LogP contribution in [0, 0.1) is 0 Å². The van der Waals surface area contributed by atoms with Gasteiger partial charge in [-0.25, -0.2) is 0 Å².